The lowest BCUT2D eigenvalue weighted by molar-refractivity contribution is -0.143. The van der Waals surface area contributed by atoms with Gasteiger partial charge in [-0.25, -0.2) is 4.79 Å². The number of hydrogen-bond acceptors (Lipinski definition) is 4. The Morgan fingerprint density at radius 1 is 1.14 bits per heavy atom. The molecule has 1 aromatic rings. The Bertz CT molecular complexity index is 528. The summed E-state index contributed by atoms with van der Waals surface area (Å²) in [5.41, 5.74) is 1.05. The Morgan fingerprint density at radius 3 is 2.33 bits per heavy atom. The molecule has 0 saturated carbocycles. The number of anilines is 2. The summed E-state index contributed by atoms with van der Waals surface area (Å²) in [6.45, 7) is 2.67. The number of rotatable bonds is 7. The second-order valence-corrected chi connectivity index (χ2v) is 4.66. The summed E-state index contributed by atoms with van der Waals surface area (Å²) >= 11 is 0. The molecule has 7 heteroatoms. The third kappa shape index (κ3) is 6.53. The highest BCUT2D eigenvalue weighted by Gasteiger charge is 2.08. The van der Waals surface area contributed by atoms with Gasteiger partial charge in [-0.05, 0) is 18.2 Å². The Labute approximate surface area is 122 Å². The molecule has 0 saturated heterocycles. The third-order valence-electron chi connectivity index (χ3n) is 2.40. The number of hydrogen-bond donors (Lipinski definition) is 3. The molecule has 7 nitrogen and oxygen atoms in total. The molecule has 0 spiro atoms. The second kappa shape index (κ2) is 8.01. The molecule has 0 atom stereocenters. The van der Waals surface area contributed by atoms with Gasteiger partial charge in [-0.1, -0.05) is 19.9 Å². The quantitative estimate of drug-likeness (QED) is 0.703. The van der Waals surface area contributed by atoms with Crippen molar-refractivity contribution in [3.05, 3.63) is 24.3 Å². The van der Waals surface area contributed by atoms with Gasteiger partial charge in [0.1, 0.15) is 13.2 Å². The molecule has 0 radical (unpaired) electrons. The van der Waals surface area contributed by atoms with Crippen LogP contribution >= 0.6 is 0 Å². The molecule has 0 unspecified atom stereocenters. The molecule has 0 aliphatic heterocycles. The van der Waals surface area contributed by atoms with E-state index in [0.717, 1.165) is 0 Å². The van der Waals surface area contributed by atoms with E-state index in [1.807, 2.05) is 0 Å². The number of ether oxygens (including phenoxy) is 1. The molecule has 1 rings (SSSR count). The van der Waals surface area contributed by atoms with E-state index in [1.165, 1.54) is 0 Å². The van der Waals surface area contributed by atoms with E-state index in [4.69, 9.17) is 5.11 Å². The van der Waals surface area contributed by atoms with Gasteiger partial charge in [-0.15, -0.1) is 0 Å². The van der Waals surface area contributed by atoms with Gasteiger partial charge in [-0.3, -0.25) is 9.59 Å². The summed E-state index contributed by atoms with van der Waals surface area (Å²) in [6, 6.07) is 6.65. The third-order valence-corrected chi connectivity index (χ3v) is 2.40. The number of carbonyl (C=O) groups excluding carboxylic acids is 2. The first kappa shape index (κ1) is 16.6. The van der Waals surface area contributed by atoms with E-state index < -0.39 is 18.5 Å². The second-order valence-electron chi connectivity index (χ2n) is 4.66. The number of carboxylic acids is 1. The van der Waals surface area contributed by atoms with Crippen molar-refractivity contribution in [2.24, 2.45) is 5.92 Å². The van der Waals surface area contributed by atoms with Crippen LogP contribution in [-0.4, -0.2) is 36.1 Å². The minimum Gasteiger partial charge on any atom is -0.480 e. The molecule has 0 heterocycles. The number of carboxylic acid groups (broad SMARTS) is 1. The largest absolute Gasteiger partial charge is 0.480 e. The number of amides is 2. The van der Waals surface area contributed by atoms with Gasteiger partial charge in [-0.2, -0.15) is 0 Å². The highest BCUT2D eigenvalue weighted by Crippen LogP contribution is 2.15. The molecule has 21 heavy (non-hydrogen) atoms. The van der Waals surface area contributed by atoms with Crippen LogP contribution in [0.4, 0.5) is 11.4 Å². The molecule has 0 aromatic heterocycles. The SMILES string of the molecule is CC(C)C(=O)Nc1cccc(NC(=O)COCC(=O)O)c1. The zero-order valence-electron chi connectivity index (χ0n) is 11.9. The van der Waals surface area contributed by atoms with Gasteiger partial charge in [0.2, 0.25) is 11.8 Å². The maximum Gasteiger partial charge on any atom is 0.329 e. The fourth-order valence-electron chi connectivity index (χ4n) is 1.39. The van der Waals surface area contributed by atoms with Crippen LogP contribution < -0.4 is 10.6 Å². The monoisotopic (exact) mass is 294 g/mol. The summed E-state index contributed by atoms with van der Waals surface area (Å²) in [4.78, 5) is 33.3. The molecule has 3 N–H and O–H groups in total. The Balaban J connectivity index is 2.54. The molecular formula is C14H18N2O5. The van der Waals surface area contributed by atoms with E-state index in [1.54, 1.807) is 38.1 Å². The van der Waals surface area contributed by atoms with Crippen LogP contribution in [-0.2, 0) is 19.1 Å². The first-order chi connectivity index (χ1) is 9.88. The molecule has 0 bridgehead atoms. The standard InChI is InChI=1S/C14H18N2O5/c1-9(2)14(20)16-11-5-3-4-10(6-11)15-12(17)7-21-8-13(18)19/h3-6,9H,7-8H2,1-2H3,(H,15,17)(H,16,20)(H,18,19). The molecule has 0 aliphatic carbocycles. The molecule has 1 aromatic carbocycles. The fourth-order valence-corrected chi connectivity index (χ4v) is 1.39. The van der Waals surface area contributed by atoms with Gasteiger partial charge in [0.05, 0.1) is 0 Å². The lowest BCUT2D eigenvalue weighted by Gasteiger charge is -2.10. The highest BCUT2D eigenvalue weighted by molar-refractivity contribution is 5.95. The summed E-state index contributed by atoms with van der Waals surface area (Å²) in [6.07, 6.45) is 0. The van der Waals surface area contributed by atoms with Crippen molar-refractivity contribution in [3.8, 4) is 0 Å². The summed E-state index contributed by atoms with van der Waals surface area (Å²) in [5.74, 6) is -1.87. The van der Waals surface area contributed by atoms with Crippen molar-refractivity contribution < 1.29 is 24.2 Å². The lowest BCUT2D eigenvalue weighted by Crippen LogP contribution is -2.21. The summed E-state index contributed by atoms with van der Waals surface area (Å²) in [5, 5.41) is 13.6. The van der Waals surface area contributed by atoms with Crippen LogP contribution in [0.25, 0.3) is 0 Å². The Kier molecular flexibility index (Phi) is 6.35. The fraction of sp³-hybridized carbons (Fsp3) is 0.357. The van der Waals surface area contributed by atoms with Crippen LogP contribution in [0.2, 0.25) is 0 Å². The van der Waals surface area contributed by atoms with Crippen molar-refractivity contribution in [3.63, 3.8) is 0 Å². The molecule has 114 valence electrons. The van der Waals surface area contributed by atoms with Crippen molar-refractivity contribution >= 4 is 29.2 Å². The number of carbonyl (C=O) groups is 3. The average Bonchev–Trinajstić information content (AvgIpc) is 2.38. The molecule has 0 aliphatic rings. The zero-order chi connectivity index (χ0) is 15.8. The van der Waals surface area contributed by atoms with Gasteiger partial charge in [0, 0.05) is 17.3 Å². The summed E-state index contributed by atoms with van der Waals surface area (Å²) < 4.78 is 4.67. The van der Waals surface area contributed by atoms with Crippen molar-refractivity contribution in [2.75, 3.05) is 23.8 Å². The molecule has 2 amide bonds. The van der Waals surface area contributed by atoms with Crippen LogP contribution in [0.3, 0.4) is 0 Å². The van der Waals surface area contributed by atoms with Crippen LogP contribution in [0.1, 0.15) is 13.8 Å². The Morgan fingerprint density at radius 2 is 1.76 bits per heavy atom. The van der Waals surface area contributed by atoms with Gasteiger partial charge < -0.3 is 20.5 Å². The first-order valence-electron chi connectivity index (χ1n) is 6.39. The Hall–Kier alpha value is -2.41. The van der Waals surface area contributed by atoms with Gasteiger partial charge >= 0.3 is 5.97 Å². The maximum atomic E-state index is 11.6. The van der Waals surface area contributed by atoms with Crippen molar-refractivity contribution in [2.45, 2.75) is 13.8 Å². The summed E-state index contributed by atoms with van der Waals surface area (Å²) in [7, 11) is 0. The molecular weight excluding hydrogens is 276 g/mol. The minimum absolute atomic E-state index is 0.122. The van der Waals surface area contributed by atoms with E-state index in [2.05, 4.69) is 15.4 Å². The van der Waals surface area contributed by atoms with E-state index >= 15 is 0 Å². The number of nitrogens with one attached hydrogen (secondary N) is 2. The maximum absolute atomic E-state index is 11.6. The normalized spacial score (nSPS) is 10.2. The van der Waals surface area contributed by atoms with Gasteiger partial charge in [0.25, 0.3) is 0 Å². The van der Waals surface area contributed by atoms with Crippen molar-refractivity contribution in [1.82, 2.24) is 0 Å². The van der Waals surface area contributed by atoms with E-state index in [-0.39, 0.29) is 18.4 Å². The molecule has 0 fully saturated rings. The topological polar surface area (TPSA) is 105 Å². The average molecular weight is 294 g/mol. The van der Waals surface area contributed by atoms with E-state index in [9.17, 15) is 14.4 Å². The highest BCUT2D eigenvalue weighted by atomic mass is 16.5. The first-order valence-corrected chi connectivity index (χ1v) is 6.39. The predicted molar refractivity (Wildman–Crippen MR) is 77.0 cm³/mol. The number of benzene rings is 1. The van der Waals surface area contributed by atoms with E-state index in [0.29, 0.717) is 11.4 Å². The predicted octanol–water partition coefficient (Wildman–Crippen LogP) is 1.32. The lowest BCUT2D eigenvalue weighted by atomic mass is 10.2. The number of aliphatic carboxylic acids is 1. The van der Waals surface area contributed by atoms with Crippen LogP contribution in [0.15, 0.2) is 24.3 Å². The van der Waals surface area contributed by atoms with Crippen LogP contribution in [0, 0.1) is 5.92 Å². The zero-order valence-corrected chi connectivity index (χ0v) is 11.9. The smallest absolute Gasteiger partial charge is 0.329 e. The van der Waals surface area contributed by atoms with Crippen LogP contribution in [0.5, 0.6) is 0 Å². The van der Waals surface area contributed by atoms with Gasteiger partial charge in [0.15, 0.2) is 0 Å². The van der Waals surface area contributed by atoms with Crippen molar-refractivity contribution in [1.29, 1.82) is 0 Å². The minimum atomic E-state index is -1.14.